The summed E-state index contributed by atoms with van der Waals surface area (Å²) in [7, 11) is 0. The Morgan fingerprint density at radius 3 is 2.53 bits per heavy atom. The number of nitrogens with zero attached hydrogens (tertiary/aromatic N) is 1. The molecule has 80 valence electrons. The molecule has 0 atom stereocenters. The van der Waals surface area contributed by atoms with Gasteiger partial charge in [-0.05, 0) is 12.1 Å². The molecule has 0 fully saturated rings. The van der Waals surface area contributed by atoms with Crippen LogP contribution in [0.3, 0.4) is 0 Å². The summed E-state index contributed by atoms with van der Waals surface area (Å²) in [6.45, 7) is 0. The second-order valence-corrected chi connectivity index (χ2v) is 4.13. The molecule has 0 radical (unpaired) electrons. The van der Waals surface area contributed by atoms with E-state index >= 15 is 0 Å². The first kappa shape index (κ1) is 8.76. The van der Waals surface area contributed by atoms with Crippen LogP contribution in [0, 0.1) is 0 Å². The second kappa shape index (κ2) is 3.08. The molecular formula is C15H9NO. The maximum atomic E-state index is 5.72. The monoisotopic (exact) mass is 219 g/mol. The summed E-state index contributed by atoms with van der Waals surface area (Å²) >= 11 is 0. The van der Waals surface area contributed by atoms with Crippen LogP contribution < -0.4 is 0 Å². The van der Waals surface area contributed by atoms with Crippen LogP contribution in [-0.2, 0) is 0 Å². The zero-order chi connectivity index (χ0) is 11.2. The summed E-state index contributed by atoms with van der Waals surface area (Å²) in [5.41, 5.74) is 1.94. The molecule has 2 aliphatic rings. The molecule has 0 amide bonds. The minimum Gasteiger partial charge on any atom is -0.461 e. The minimum atomic E-state index is 0.874. The zero-order valence-electron chi connectivity index (χ0n) is 9.05. The van der Waals surface area contributed by atoms with Crippen molar-refractivity contribution in [3.8, 4) is 11.5 Å². The van der Waals surface area contributed by atoms with Crippen molar-refractivity contribution in [3.63, 3.8) is 0 Å². The van der Waals surface area contributed by atoms with Crippen LogP contribution in [0.4, 0.5) is 0 Å². The van der Waals surface area contributed by atoms with Gasteiger partial charge in [0, 0.05) is 16.2 Å². The maximum absolute atomic E-state index is 5.72. The fourth-order valence-corrected chi connectivity index (χ4v) is 2.30. The van der Waals surface area contributed by atoms with E-state index in [4.69, 9.17) is 4.42 Å². The van der Waals surface area contributed by atoms with Gasteiger partial charge in [0.25, 0.3) is 0 Å². The van der Waals surface area contributed by atoms with Gasteiger partial charge in [0.1, 0.15) is 5.69 Å². The molecular weight excluding hydrogens is 210 g/mol. The van der Waals surface area contributed by atoms with Crippen molar-refractivity contribution in [2.45, 2.75) is 0 Å². The van der Waals surface area contributed by atoms with E-state index < -0.39 is 0 Å². The van der Waals surface area contributed by atoms with Crippen molar-refractivity contribution in [2.24, 2.45) is 0 Å². The number of hydrogen-bond donors (Lipinski definition) is 0. The highest BCUT2D eigenvalue weighted by Crippen LogP contribution is 2.35. The molecule has 0 aromatic heterocycles. The van der Waals surface area contributed by atoms with Crippen LogP contribution in [0.25, 0.3) is 33.1 Å². The van der Waals surface area contributed by atoms with Gasteiger partial charge < -0.3 is 4.42 Å². The van der Waals surface area contributed by atoms with Gasteiger partial charge in [-0.15, -0.1) is 0 Å². The smallest absolute Gasteiger partial charge is 0.162 e. The molecule has 2 heterocycles. The summed E-state index contributed by atoms with van der Waals surface area (Å²) < 4.78 is 5.72. The van der Waals surface area contributed by atoms with Crippen molar-refractivity contribution in [3.05, 3.63) is 54.8 Å². The summed E-state index contributed by atoms with van der Waals surface area (Å²) in [5.74, 6) is 0.874. The summed E-state index contributed by atoms with van der Waals surface area (Å²) in [4.78, 5) is 4.65. The predicted octanol–water partition coefficient (Wildman–Crippen LogP) is 4.09. The van der Waals surface area contributed by atoms with Gasteiger partial charge in [-0.3, -0.25) is 0 Å². The molecule has 2 heteroatoms. The van der Waals surface area contributed by atoms with E-state index in [1.165, 1.54) is 0 Å². The third kappa shape index (κ3) is 1.12. The normalized spacial score (nSPS) is 11.5. The minimum absolute atomic E-state index is 0.874. The fraction of sp³-hybridized carbons (Fsp3) is 0. The molecule has 0 unspecified atom stereocenters. The number of fused-ring (bicyclic) bond motifs is 5. The van der Waals surface area contributed by atoms with Gasteiger partial charge >= 0.3 is 0 Å². The lowest BCUT2D eigenvalue weighted by molar-refractivity contribution is 0.577. The van der Waals surface area contributed by atoms with E-state index in [1.54, 1.807) is 6.26 Å². The Labute approximate surface area is 97.8 Å². The summed E-state index contributed by atoms with van der Waals surface area (Å²) in [6.07, 6.45) is 1.80. The van der Waals surface area contributed by atoms with Crippen molar-refractivity contribution in [1.29, 1.82) is 0 Å². The molecule has 2 aromatic carbocycles. The Kier molecular flexibility index (Phi) is 1.59. The van der Waals surface area contributed by atoms with Crippen LogP contribution in [0.15, 0.2) is 59.2 Å². The first-order valence-corrected chi connectivity index (χ1v) is 5.58. The Balaban J connectivity index is 2.28. The van der Waals surface area contributed by atoms with E-state index in [1.807, 2.05) is 42.5 Å². The lowest BCUT2D eigenvalue weighted by atomic mass is 10.1. The third-order valence-corrected chi connectivity index (χ3v) is 3.12. The summed E-state index contributed by atoms with van der Waals surface area (Å²) in [5, 5.41) is 3.31. The van der Waals surface area contributed by atoms with Crippen molar-refractivity contribution in [2.75, 3.05) is 0 Å². The van der Waals surface area contributed by atoms with Gasteiger partial charge in [0.05, 0.1) is 11.8 Å². The van der Waals surface area contributed by atoms with Crippen LogP contribution in [0.2, 0.25) is 0 Å². The molecule has 0 aliphatic carbocycles. The van der Waals surface area contributed by atoms with Crippen molar-refractivity contribution >= 4 is 21.7 Å². The SMILES string of the molecule is c1ccc2c3nc4ccccc4c-3occ2c1. The molecule has 4 rings (SSSR count). The third-order valence-electron chi connectivity index (χ3n) is 3.12. The Morgan fingerprint density at radius 2 is 1.59 bits per heavy atom. The first-order chi connectivity index (χ1) is 8.43. The van der Waals surface area contributed by atoms with E-state index in [-0.39, 0.29) is 0 Å². The average Bonchev–Trinajstić information content (AvgIpc) is 2.78. The van der Waals surface area contributed by atoms with Gasteiger partial charge in [0.2, 0.25) is 0 Å². The first-order valence-electron chi connectivity index (χ1n) is 5.58. The molecule has 0 saturated carbocycles. The van der Waals surface area contributed by atoms with Crippen LogP contribution in [0.5, 0.6) is 0 Å². The maximum Gasteiger partial charge on any atom is 0.162 e. The van der Waals surface area contributed by atoms with Gasteiger partial charge in [-0.25, -0.2) is 4.98 Å². The number of hydrogen-bond acceptors (Lipinski definition) is 2. The zero-order valence-corrected chi connectivity index (χ0v) is 9.05. The molecule has 0 saturated heterocycles. The number of aromatic nitrogens is 1. The number of benzene rings is 2. The standard InChI is InChI=1S/C15H9NO/c1-2-6-11-10(5-1)9-17-15-12-7-3-4-8-13(12)16-14(11)15/h1-9H. The van der Waals surface area contributed by atoms with Gasteiger partial charge in [-0.2, -0.15) is 0 Å². The van der Waals surface area contributed by atoms with E-state index in [9.17, 15) is 0 Å². The van der Waals surface area contributed by atoms with Crippen LogP contribution >= 0.6 is 0 Å². The van der Waals surface area contributed by atoms with Crippen molar-refractivity contribution < 1.29 is 4.42 Å². The second-order valence-electron chi connectivity index (χ2n) is 4.13. The highest BCUT2D eigenvalue weighted by atomic mass is 16.3. The van der Waals surface area contributed by atoms with Gasteiger partial charge in [-0.1, -0.05) is 36.4 Å². The molecule has 0 bridgehead atoms. The van der Waals surface area contributed by atoms with Crippen LogP contribution in [-0.4, -0.2) is 4.98 Å². The average molecular weight is 219 g/mol. The van der Waals surface area contributed by atoms with Gasteiger partial charge in [0.15, 0.2) is 5.76 Å². The number of rotatable bonds is 0. The largest absolute Gasteiger partial charge is 0.461 e. The Bertz CT molecular complexity index is 800. The molecule has 2 nitrogen and oxygen atoms in total. The topological polar surface area (TPSA) is 26.0 Å². The Hall–Kier alpha value is -2.35. The predicted molar refractivity (Wildman–Crippen MR) is 68.1 cm³/mol. The Morgan fingerprint density at radius 1 is 0.824 bits per heavy atom. The molecule has 2 aliphatic heterocycles. The highest BCUT2D eigenvalue weighted by Gasteiger charge is 2.16. The molecule has 2 aromatic rings. The fourth-order valence-electron chi connectivity index (χ4n) is 2.30. The molecule has 0 N–H and O–H groups in total. The van der Waals surface area contributed by atoms with E-state index in [0.29, 0.717) is 0 Å². The molecule has 17 heavy (non-hydrogen) atoms. The highest BCUT2D eigenvalue weighted by molar-refractivity contribution is 6.04. The van der Waals surface area contributed by atoms with E-state index in [0.717, 1.165) is 33.1 Å². The lowest BCUT2D eigenvalue weighted by Crippen LogP contribution is -1.80. The summed E-state index contributed by atoms with van der Waals surface area (Å²) in [6, 6.07) is 16.2. The number of para-hydroxylation sites is 1. The van der Waals surface area contributed by atoms with Crippen molar-refractivity contribution in [1.82, 2.24) is 4.98 Å². The van der Waals surface area contributed by atoms with Crippen LogP contribution in [0.1, 0.15) is 0 Å². The lowest BCUT2D eigenvalue weighted by Gasteiger charge is -2.02. The molecule has 0 spiro atoms. The van der Waals surface area contributed by atoms with E-state index in [2.05, 4.69) is 11.1 Å². The quantitative estimate of drug-likeness (QED) is 0.445.